The van der Waals surface area contributed by atoms with Gasteiger partial charge in [-0.1, -0.05) is 0 Å². The molecule has 2 rings (SSSR count). The maximum atomic E-state index is 11.5. The summed E-state index contributed by atoms with van der Waals surface area (Å²) in [6.07, 6.45) is 1.60. The van der Waals surface area contributed by atoms with Gasteiger partial charge in [0.15, 0.2) is 5.78 Å². The average Bonchev–Trinajstić information content (AvgIpc) is 2.38. The van der Waals surface area contributed by atoms with Gasteiger partial charge >= 0.3 is 0 Å². The third-order valence-electron chi connectivity index (χ3n) is 2.98. The van der Waals surface area contributed by atoms with Crippen LogP contribution in [0.1, 0.15) is 12.8 Å². The number of benzene rings is 1. The molecule has 0 spiro atoms. The monoisotopic (exact) mass is 235 g/mol. The normalized spacial score (nSPS) is 15.9. The molecule has 4 nitrogen and oxygen atoms in total. The Labute approximate surface area is 101 Å². The van der Waals surface area contributed by atoms with Crippen LogP contribution in [0.4, 0.5) is 5.69 Å². The van der Waals surface area contributed by atoms with E-state index in [0.717, 1.165) is 30.2 Å². The number of ether oxygens (including phenoxy) is 2. The van der Waals surface area contributed by atoms with Gasteiger partial charge in [0.25, 0.3) is 0 Å². The summed E-state index contributed by atoms with van der Waals surface area (Å²) in [4.78, 5) is 13.5. The summed E-state index contributed by atoms with van der Waals surface area (Å²) >= 11 is 0. The largest absolute Gasteiger partial charge is 0.497 e. The predicted octanol–water partition coefficient (Wildman–Crippen LogP) is 1.87. The molecule has 17 heavy (non-hydrogen) atoms. The number of rotatable bonds is 3. The van der Waals surface area contributed by atoms with Crippen LogP contribution in [0.3, 0.4) is 0 Å². The standard InChI is InChI=1S/C13H17NO3/c1-16-11-5-6-12(13(8-11)17-2)14-7-3-4-10(15)9-14/h5-6,8H,3-4,7,9H2,1-2H3. The molecule has 0 unspecified atom stereocenters. The molecule has 1 saturated heterocycles. The summed E-state index contributed by atoms with van der Waals surface area (Å²) in [7, 11) is 3.25. The van der Waals surface area contributed by atoms with Crippen molar-refractivity contribution in [1.29, 1.82) is 0 Å². The minimum atomic E-state index is 0.286. The summed E-state index contributed by atoms with van der Waals surface area (Å²) < 4.78 is 10.5. The van der Waals surface area contributed by atoms with Crippen molar-refractivity contribution in [2.24, 2.45) is 0 Å². The van der Waals surface area contributed by atoms with Gasteiger partial charge in [0.2, 0.25) is 0 Å². The molecule has 1 heterocycles. The highest BCUT2D eigenvalue weighted by atomic mass is 16.5. The van der Waals surface area contributed by atoms with Crippen molar-refractivity contribution in [2.45, 2.75) is 12.8 Å². The molecule has 0 saturated carbocycles. The van der Waals surface area contributed by atoms with E-state index in [1.165, 1.54) is 0 Å². The van der Waals surface area contributed by atoms with Crippen LogP contribution in [0, 0.1) is 0 Å². The molecule has 0 atom stereocenters. The van der Waals surface area contributed by atoms with Gasteiger partial charge in [0.1, 0.15) is 11.5 Å². The molecule has 1 aliphatic heterocycles. The molecule has 0 amide bonds. The Kier molecular flexibility index (Phi) is 3.52. The van der Waals surface area contributed by atoms with E-state index < -0.39 is 0 Å². The van der Waals surface area contributed by atoms with Gasteiger partial charge < -0.3 is 14.4 Å². The SMILES string of the molecule is COc1ccc(N2CCCC(=O)C2)c(OC)c1. The fraction of sp³-hybridized carbons (Fsp3) is 0.462. The Morgan fingerprint density at radius 3 is 2.71 bits per heavy atom. The van der Waals surface area contributed by atoms with Gasteiger partial charge in [-0.3, -0.25) is 4.79 Å². The van der Waals surface area contributed by atoms with Crippen molar-refractivity contribution in [1.82, 2.24) is 0 Å². The summed E-state index contributed by atoms with van der Waals surface area (Å²) in [5, 5.41) is 0. The first-order valence-corrected chi connectivity index (χ1v) is 5.73. The molecular weight excluding hydrogens is 218 g/mol. The summed E-state index contributed by atoms with van der Waals surface area (Å²) in [6, 6.07) is 5.67. The second-order valence-electron chi connectivity index (χ2n) is 4.10. The molecular formula is C13H17NO3. The maximum Gasteiger partial charge on any atom is 0.152 e. The van der Waals surface area contributed by atoms with E-state index in [-0.39, 0.29) is 5.78 Å². The molecule has 0 N–H and O–H groups in total. The fourth-order valence-corrected chi connectivity index (χ4v) is 2.09. The van der Waals surface area contributed by atoms with E-state index in [9.17, 15) is 4.79 Å². The zero-order chi connectivity index (χ0) is 12.3. The molecule has 4 heteroatoms. The number of anilines is 1. The number of Topliss-reactive ketones (excluding diaryl/α,β-unsaturated/α-hetero) is 1. The second-order valence-corrected chi connectivity index (χ2v) is 4.10. The quantitative estimate of drug-likeness (QED) is 0.801. The zero-order valence-corrected chi connectivity index (χ0v) is 10.2. The van der Waals surface area contributed by atoms with Crippen LogP contribution in [0.2, 0.25) is 0 Å². The molecule has 92 valence electrons. The molecule has 1 aliphatic rings. The summed E-state index contributed by atoms with van der Waals surface area (Å²) in [5.41, 5.74) is 0.960. The van der Waals surface area contributed by atoms with Crippen LogP contribution in [0.15, 0.2) is 18.2 Å². The van der Waals surface area contributed by atoms with E-state index in [2.05, 4.69) is 4.90 Å². The van der Waals surface area contributed by atoms with Crippen LogP contribution in [-0.2, 0) is 4.79 Å². The number of piperidine rings is 1. The van der Waals surface area contributed by atoms with Gasteiger partial charge in [0, 0.05) is 19.0 Å². The first-order chi connectivity index (χ1) is 8.24. The average molecular weight is 235 g/mol. The van der Waals surface area contributed by atoms with Gasteiger partial charge in [-0.2, -0.15) is 0 Å². The Balaban J connectivity index is 2.27. The second kappa shape index (κ2) is 5.08. The number of carbonyl (C=O) groups excluding carboxylic acids is 1. The first kappa shape index (κ1) is 11.8. The number of hydrogen-bond acceptors (Lipinski definition) is 4. The highest BCUT2D eigenvalue weighted by Gasteiger charge is 2.20. The fourth-order valence-electron chi connectivity index (χ4n) is 2.09. The van der Waals surface area contributed by atoms with Gasteiger partial charge in [-0.15, -0.1) is 0 Å². The Morgan fingerprint density at radius 1 is 1.24 bits per heavy atom. The smallest absolute Gasteiger partial charge is 0.152 e. The van der Waals surface area contributed by atoms with Crippen LogP contribution >= 0.6 is 0 Å². The number of nitrogens with zero attached hydrogens (tertiary/aromatic N) is 1. The molecule has 1 aromatic rings. The van der Waals surface area contributed by atoms with Crippen LogP contribution in [-0.4, -0.2) is 33.1 Å². The van der Waals surface area contributed by atoms with E-state index in [1.807, 2.05) is 18.2 Å². The lowest BCUT2D eigenvalue weighted by Gasteiger charge is -2.29. The number of methoxy groups -OCH3 is 2. The molecule has 0 aliphatic carbocycles. The number of ketones is 1. The van der Waals surface area contributed by atoms with Crippen molar-refractivity contribution in [3.63, 3.8) is 0 Å². The van der Waals surface area contributed by atoms with E-state index in [1.54, 1.807) is 14.2 Å². The van der Waals surface area contributed by atoms with E-state index in [4.69, 9.17) is 9.47 Å². The van der Waals surface area contributed by atoms with Crippen LogP contribution in [0.25, 0.3) is 0 Å². The summed E-state index contributed by atoms with van der Waals surface area (Å²) in [6.45, 7) is 1.37. The van der Waals surface area contributed by atoms with Crippen LogP contribution < -0.4 is 14.4 Å². The third-order valence-corrected chi connectivity index (χ3v) is 2.98. The topological polar surface area (TPSA) is 38.8 Å². The highest BCUT2D eigenvalue weighted by Crippen LogP contribution is 2.33. The number of carbonyl (C=O) groups is 1. The molecule has 0 bridgehead atoms. The van der Waals surface area contributed by atoms with Gasteiger partial charge in [-0.05, 0) is 18.6 Å². The Morgan fingerprint density at radius 2 is 2.06 bits per heavy atom. The minimum absolute atomic E-state index is 0.286. The first-order valence-electron chi connectivity index (χ1n) is 5.73. The van der Waals surface area contributed by atoms with Crippen molar-refractivity contribution >= 4 is 11.5 Å². The zero-order valence-electron chi connectivity index (χ0n) is 10.2. The highest BCUT2D eigenvalue weighted by molar-refractivity contribution is 5.85. The van der Waals surface area contributed by atoms with E-state index in [0.29, 0.717) is 13.0 Å². The lowest BCUT2D eigenvalue weighted by atomic mass is 10.1. The Hall–Kier alpha value is -1.71. The minimum Gasteiger partial charge on any atom is -0.497 e. The predicted molar refractivity (Wildman–Crippen MR) is 66.0 cm³/mol. The molecule has 0 aromatic heterocycles. The van der Waals surface area contributed by atoms with Crippen molar-refractivity contribution in [2.75, 3.05) is 32.2 Å². The lowest BCUT2D eigenvalue weighted by molar-refractivity contribution is -0.118. The lowest BCUT2D eigenvalue weighted by Crippen LogP contribution is -2.35. The molecule has 1 aromatic carbocycles. The van der Waals surface area contributed by atoms with Crippen LogP contribution in [0.5, 0.6) is 11.5 Å². The Bertz CT molecular complexity index is 417. The summed E-state index contributed by atoms with van der Waals surface area (Å²) in [5.74, 6) is 1.79. The van der Waals surface area contributed by atoms with Crippen molar-refractivity contribution in [3.8, 4) is 11.5 Å². The molecule has 0 radical (unpaired) electrons. The van der Waals surface area contributed by atoms with Gasteiger partial charge in [-0.25, -0.2) is 0 Å². The molecule has 1 fully saturated rings. The van der Waals surface area contributed by atoms with Gasteiger partial charge in [0.05, 0.1) is 26.5 Å². The van der Waals surface area contributed by atoms with E-state index >= 15 is 0 Å². The maximum absolute atomic E-state index is 11.5. The third kappa shape index (κ3) is 2.52. The van der Waals surface area contributed by atoms with Crippen molar-refractivity contribution in [3.05, 3.63) is 18.2 Å². The number of hydrogen-bond donors (Lipinski definition) is 0. The van der Waals surface area contributed by atoms with Crippen molar-refractivity contribution < 1.29 is 14.3 Å².